The first-order valence-corrected chi connectivity index (χ1v) is 5.69. The summed E-state index contributed by atoms with van der Waals surface area (Å²) >= 11 is 6.01. The number of rotatable bonds is 4. The van der Waals surface area contributed by atoms with Crippen molar-refractivity contribution in [1.29, 1.82) is 0 Å². The van der Waals surface area contributed by atoms with Gasteiger partial charge in [0.25, 0.3) is 0 Å². The van der Waals surface area contributed by atoms with E-state index >= 15 is 0 Å². The van der Waals surface area contributed by atoms with Crippen LogP contribution in [0.2, 0.25) is 5.02 Å². The van der Waals surface area contributed by atoms with Crippen molar-refractivity contribution in [1.82, 2.24) is 9.55 Å². The van der Waals surface area contributed by atoms with Crippen LogP contribution in [0.1, 0.15) is 5.69 Å². The van der Waals surface area contributed by atoms with Gasteiger partial charge in [-0.1, -0.05) is 11.6 Å². The number of hydrogen-bond donors (Lipinski definition) is 1. The van der Waals surface area contributed by atoms with E-state index in [1.165, 1.54) is 0 Å². The lowest BCUT2D eigenvalue weighted by Crippen LogP contribution is -2.08. The number of hydrogen-bond acceptors (Lipinski definition) is 3. The molecule has 17 heavy (non-hydrogen) atoms. The second-order valence-corrected chi connectivity index (χ2v) is 4.05. The molecule has 0 fully saturated rings. The van der Waals surface area contributed by atoms with Crippen LogP contribution in [0.4, 0.5) is 0 Å². The maximum absolute atomic E-state index is 6.01. The zero-order valence-corrected chi connectivity index (χ0v) is 10.3. The molecule has 0 bridgehead atoms. The molecule has 2 aromatic rings. The maximum atomic E-state index is 6.01. The third-order valence-electron chi connectivity index (χ3n) is 2.52. The summed E-state index contributed by atoms with van der Waals surface area (Å²) in [6.45, 7) is 0.578. The molecule has 1 aromatic carbocycles. The van der Waals surface area contributed by atoms with Gasteiger partial charge in [-0.3, -0.25) is 4.57 Å². The van der Waals surface area contributed by atoms with E-state index in [1.54, 1.807) is 25.7 Å². The molecule has 0 amide bonds. The molecule has 2 N–H and O–H groups in total. The van der Waals surface area contributed by atoms with E-state index in [4.69, 9.17) is 22.1 Å². The SMILES string of the molecule is COc1ccc(Cl)cc1-n1cncc1CCN. The quantitative estimate of drug-likeness (QED) is 0.905. The minimum absolute atomic E-state index is 0.578. The van der Waals surface area contributed by atoms with Crippen molar-refractivity contribution >= 4 is 11.6 Å². The molecule has 0 saturated heterocycles. The highest BCUT2D eigenvalue weighted by atomic mass is 35.5. The van der Waals surface area contributed by atoms with Crippen LogP contribution in [0.3, 0.4) is 0 Å². The Kier molecular flexibility index (Phi) is 3.66. The predicted octanol–water partition coefficient (Wildman–Crippen LogP) is 2.04. The van der Waals surface area contributed by atoms with E-state index < -0.39 is 0 Å². The van der Waals surface area contributed by atoms with Gasteiger partial charge in [0, 0.05) is 23.3 Å². The largest absolute Gasteiger partial charge is 0.495 e. The molecule has 4 nitrogen and oxygen atoms in total. The van der Waals surface area contributed by atoms with Crippen LogP contribution < -0.4 is 10.5 Å². The van der Waals surface area contributed by atoms with Crippen LogP contribution in [0.5, 0.6) is 5.75 Å². The predicted molar refractivity (Wildman–Crippen MR) is 67.9 cm³/mol. The summed E-state index contributed by atoms with van der Waals surface area (Å²) in [4.78, 5) is 4.13. The molecule has 0 unspecified atom stereocenters. The molecule has 5 heteroatoms. The van der Waals surface area contributed by atoms with Gasteiger partial charge in [0.15, 0.2) is 0 Å². The monoisotopic (exact) mass is 251 g/mol. The fourth-order valence-corrected chi connectivity index (χ4v) is 1.89. The van der Waals surface area contributed by atoms with Gasteiger partial charge in [-0.25, -0.2) is 4.98 Å². The van der Waals surface area contributed by atoms with Crippen molar-refractivity contribution in [2.24, 2.45) is 5.73 Å². The van der Waals surface area contributed by atoms with Crippen LogP contribution in [-0.2, 0) is 6.42 Å². The van der Waals surface area contributed by atoms with Gasteiger partial charge in [-0.15, -0.1) is 0 Å². The normalized spacial score (nSPS) is 10.5. The summed E-state index contributed by atoms with van der Waals surface area (Å²) in [6, 6.07) is 5.48. The summed E-state index contributed by atoms with van der Waals surface area (Å²) in [6.07, 6.45) is 4.29. The molecule has 0 saturated carbocycles. The number of nitrogens with zero attached hydrogens (tertiary/aromatic N) is 2. The molecule has 1 aromatic heterocycles. The highest BCUT2D eigenvalue weighted by Gasteiger charge is 2.09. The molecule has 0 radical (unpaired) electrons. The van der Waals surface area contributed by atoms with E-state index in [2.05, 4.69) is 4.98 Å². The van der Waals surface area contributed by atoms with E-state index in [9.17, 15) is 0 Å². The fourth-order valence-electron chi connectivity index (χ4n) is 1.72. The molecule has 1 heterocycles. The standard InChI is InChI=1S/C12H14ClN3O/c1-17-12-3-2-9(13)6-11(12)16-8-15-7-10(16)4-5-14/h2-3,6-8H,4-5,14H2,1H3. The molecule has 0 aliphatic carbocycles. The first kappa shape index (κ1) is 12.0. The molecule has 0 atom stereocenters. The summed E-state index contributed by atoms with van der Waals surface area (Å²) in [7, 11) is 1.63. The summed E-state index contributed by atoms with van der Waals surface area (Å²) in [5.41, 5.74) is 7.48. The lowest BCUT2D eigenvalue weighted by Gasteiger charge is -2.12. The van der Waals surface area contributed by atoms with Gasteiger partial charge in [-0.2, -0.15) is 0 Å². The molecular formula is C12H14ClN3O. The highest BCUT2D eigenvalue weighted by molar-refractivity contribution is 6.30. The Bertz CT molecular complexity index is 510. The van der Waals surface area contributed by atoms with Crippen LogP contribution in [0.15, 0.2) is 30.7 Å². The number of methoxy groups -OCH3 is 1. The Morgan fingerprint density at radius 2 is 2.29 bits per heavy atom. The number of nitrogens with two attached hydrogens (primary N) is 1. The van der Waals surface area contributed by atoms with E-state index in [0.717, 1.165) is 23.6 Å². The number of aromatic nitrogens is 2. The Labute approximate surface area is 105 Å². The molecule has 90 valence electrons. The Morgan fingerprint density at radius 3 is 3.00 bits per heavy atom. The van der Waals surface area contributed by atoms with Crippen molar-refractivity contribution in [3.63, 3.8) is 0 Å². The fraction of sp³-hybridized carbons (Fsp3) is 0.250. The lowest BCUT2D eigenvalue weighted by atomic mass is 10.2. The van der Waals surface area contributed by atoms with E-state index in [0.29, 0.717) is 11.6 Å². The minimum atomic E-state index is 0.578. The second-order valence-electron chi connectivity index (χ2n) is 3.61. The number of imidazole rings is 1. The van der Waals surface area contributed by atoms with Crippen molar-refractivity contribution in [2.45, 2.75) is 6.42 Å². The van der Waals surface area contributed by atoms with Crippen LogP contribution >= 0.6 is 11.6 Å². The second kappa shape index (κ2) is 5.21. The van der Waals surface area contributed by atoms with Gasteiger partial charge in [0.05, 0.1) is 19.1 Å². The van der Waals surface area contributed by atoms with Crippen LogP contribution in [0, 0.1) is 0 Å². The number of halogens is 1. The third-order valence-corrected chi connectivity index (χ3v) is 2.75. The number of benzene rings is 1. The van der Waals surface area contributed by atoms with Crippen molar-refractivity contribution < 1.29 is 4.74 Å². The van der Waals surface area contributed by atoms with E-state index in [1.807, 2.05) is 16.7 Å². The summed E-state index contributed by atoms with van der Waals surface area (Å²) in [5, 5.41) is 0.660. The maximum Gasteiger partial charge on any atom is 0.142 e. The van der Waals surface area contributed by atoms with Crippen molar-refractivity contribution in [2.75, 3.05) is 13.7 Å². The van der Waals surface area contributed by atoms with Gasteiger partial charge in [-0.05, 0) is 24.7 Å². The first-order chi connectivity index (χ1) is 8.26. The Morgan fingerprint density at radius 1 is 1.47 bits per heavy atom. The topological polar surface area (TPSA) is 53.1 Å². The smallest absolute Gasteiger partial charge is 0.142 e. The first-order valence-electron chi connectivity index (χ1n) is 5.31. The zero-order valence-electron chi connectivity index (χ0n) is 9.56. The van der Waals surface area contributed by atoms with E-state index in [-0.39, 0.29) is 0 Å². The van der Waals surface area contributed by atoms with Crippen molar-refractivity contribution in [3.8, 4) is 11.4 Å². The Hall–Kier alpha value is -1.52. The van der Waals surface area contributed by atoms with Gasteiger partial charge in [0.2, 0.25) is 0 Å². The van der Waals surface area contributed by atoms with Gasteiger partial charge < -0.3 is 10.5 Å². The highest BCUT2D eigenvalue weighted by Crippen LogP contribution is 2.27. The summed E-state index contributed by atoms with van der Waals surface area (Å²) in [5.74, 6) is 0.755. The molecular weight excluding hydrogens is 238 g/mol. The number of ether oxygens (including phenoxy) is 1. The molecule has 0 aliphatic rings. The average molecular weight is 252 g/mol. The van der Waals surface area contributed by atoms with Crippen molar-refractivity contribution in [3.05, 3.63) is 41.4 Å². The molecule has 0 spiro atoms. The van der Waals surface area contributed by atoms with Gasteiger partial charge in [0.1, 0.15) is 5.75 Å². The minimum Gasteiger partial charge on any atom is -0.495 e. The van der Waals surface area contributed by atoms with Gasteiger partial charge >= 0.3 is 0 Å². The zero-order chi connectivity index (χ0) is 12.3. The van der Waals surface area contributed by atoms with Crippen LogP contribution in [-0.4, -0.2) is 23.2 Å². The summed E-state index contributed by atoms with van der Waals surface area (Å²) < 4.78 is 7.26. The molecule has 2 rings (SSSR count). The lowest BCUT2D eigenvalue weighted by molar-refractivity contribution is 0.412. The third kappa shape index (κ3) is 2.43. The average Bonchev–Trinajstić information content (AvgIpc) is 2.77. The van der Waals surface area contributed by atoms with Crippen LogP contribution in [0.25, 0.3) is 5.69 Å². The Balaban J connectivity index is 2.51. The molecule has 0 aliphatic heterocycles.